The van der Waals surface area contributed by atoms with Gasteiger partial charge in [0.25, 0.3) is 0 Å². The van der Waals surface area contributed by atoms with E-state index >= 15 is 0 Å². The van der Waals surface area contributed by atoms with Crippen LogP contribution in [0.4, 0.5) is 21.8 Å². The lowest BCUT2D eigenvalue weighted by molar-refractivity contribution is 0.104. The third-order valence-corrected chi connectivity index (χ3v) is 7.58. The molecule has 6 rings (SSSR count). The molecule has 2 aliphatic heterocycles. The second kappa shape index (κ2) is 11.1. The summed E-state index contributed by atoms with van der Waals surface area (Å²) in [5.74, 6) is 1.48. The lowest BCUT2D eigenvalue weighted by atomic mass is 10.2. The Morgan fingerprint density at radius 1 is 0.923 bits per heavy atom. The van der Waals surface area contributed by atoms with Gasteiger partial charge in [0.05, 0.1) is 12.7 Å². The zero-order chi connectivity index (χ0) is 26.8. The van der Waals surface area contributed by atoms with E-state index < -0.39 is 5.82 Å². The number of rotatable bonds is 8. The molecule has 0 saturated carbocycles. The van der Waals surface area contributed by atoms with Crippen molar-refractivity contribution in [3.05, 3.63) is 83.6 Å². The van der Waals surface area contributed by atoms with Gasteiger partial charge in [-0.25, -0.2) is 19.3 Å². The molecule has 4 aromatic rings. The molecule has 3 aromatic heterocycles. The largest absolute Gasteiger partial charge is 0.457 e. The Hall–Kier alpha value is -3.82. The summed E-state index contributed by atoms with van der Waals surface area (Å²) in [6.45, 7) is 11.2. The molecule has 0 atom stereocenters. The van der Waals surface area contributed by atoms with Crippen LogP contribution in [-0.2, 0) is 19.5 Å². The number of hydrogen-bond donors (Lipinski definition) is 1. The smallest absolute Gasteiger partial charge is 0.229 e. The molecular weight excluding hydrogens is 493 g/mol. The van der Waals surface area contributed by atoms with Gasteiger partial charge in [0, 0.05) is 57.2 Å². The second-order valence-electron chi connectivity index (χ2n) is 10.5. The molecule has 202 valence electrons. The van der Waals surface area contributed by atoms with Gasteiger partial charge < -0.3 is 14.6 Å². The van der Waals surface area contributed by atoms with Crippen molar-refractivity contribution in [1.29, 1.82) is 0 Å². The van der Waals surface area contributed by atoms with Crippen molar-refractivity contribution in [2.75, 3.05) is 42.9 Å². The Morgan fingerprint density at radius 2 is 1.77 bits per heavy atom. The molecule has 9 heteroatoms. The van der Waals surface area contributed by atoms with E-state index in [1.165, 1.54) is 11.3 Å². The van der Waals surface area contributed by atoms with Crippen LogP contribution in [0.25, 0.3) is 11.5 Å². The highest BCUT2D eigenvalue weighted by molar-refractivity contribution is 5.59. The average Bonchev–Trinajstić information content (AvgIpc) is 3.59. The monoisotopic (exact) mass is 527 g/mol. The maximum absolute atomic E-state index is 14.7. The van der Waals surface area contributed by atoms with Gasteiger partial charge in [0.15, 0.2) is 11.6 Å². The number of para-hydroxylation sites is 1. The van der Waals surface area contributed by atoms with Gasteiger partial charge in [0.2, 0.25) is 5.95 Å². The van der Waals surface area contributed by atoms with Crippen LogP contribution in [0.2, 0.25) is 0 Å². The molecule has 8 nitrogen and oxygen atoms in total. The number of furan rings is 1. The second-order valence-corrected chi connectivity index (χ2v) is 10.5. The van der Waals surface area contributed by atoms with E-state index in [2.05, 4.69) is 73.1 Å². The highest BCUT2D eigenvalue weighted by Gasteiger charge is 2.21. The first-order valence-electron chi connectivity index (χ1n) is 13.6. The number of anilines is 3. The minimum Gasteiger partial charge on any atom is -0.457 e. The van der Waals surface area contributed by atoms with Crippen molar-refractivity contribution in [3.8, 4) is 11.5 Å². The summed E-state index contributed by atoms with van der Waals surface area (Å²) < 4.78 is 20.7. The summed E-state index contributed by atoms with van der Waals surface area (Å²) in [5, 5.41) is 3.10. The molecule has 1 fully saturated rings. The zero-order valence-corrected chi connectivity index (χ0v) is 22.5. The molecule has 0 spiro atoms. The maximum Gasteiger partial charge on any atom is 0.229 e. The third-order valence-electron chi connectivity index (χ3n) is 7.58. The van der Waals surface area contributed by atoms with Crippen LogP contribution >= 0.6 is 0 Å². The average molecular weight is 528 g/mol. The number of fused-ring (bicyclic) bond motifs is 1. The first-order chi connectivity index (χ1) is 19.0. The summed E-state index contributed by atoms with van der Waals surface area (Å²) in [6.07, 6.45) is 4.05. The van der Waals surface area contributed by atoms with E-state index in [0.29, 0.717) is 24.2 Å². The Kier molecular flexibility index (Phi) is 7.26. The number of pyridine rings is 1. The number of halogens is 1. The van der Waals surface area contributed by atoms with Crippen LogP contribution < -0.4 is 10.2 Å². The lowest BCUT2D eigenvalue weighted by Crippen LogP contribution is -2.48. The quantitative estimate of drug-likeness (QED) is 0.339. The number of benzene rings is 1. The van der Waals surface area contributed by atoms with E-state index in [1.807, 2.05) is 24.4 Å². The third kappa shape index (κ3) is 5.79. The molecular formula is C30H34FN7O. The van der Waals surface area contributed by atoms with Gasteiger partial charge in [0.1, 0.15) is 17.3 Å². The predicted octanol–water partition coefficient (Wildman–Crippen LogP) is 5.10. The number of piperazine rings is 1. The van der Waals surface area contributed by atoms with Crippen molar-refractivity contribution in [3.63, 3.8) is 0 Å². The molecule has 0 amide bonds. The molecule has 39 heavy (non-hydrogen) atoms. The fourth-order valence-electron chi connectivity index (χ4n) is 5.35. The van der Waals surface area contributed by atoms with E-state index in [9.17, 15) is 4.39 Å². The van der Waals surface area contributed by atoms with Crippen LogP contribution in [0.5, 0.6) is 0 Å². The van der Waals surface area contributed by atoms with Crippen molar-refractivity contribution in [2.24, 2.45) is 0 Å². The normalized spacial score (nSPS) is 16.2. The van der Waals surface area contributed by atoms with Crippen LogP contribution in [0, 0.1) is 5.82 Å². The molecule has 1 aromatic carbocycles. The summed E-state index contributed by atoms with van der Waals surface area (Å²) in [5.41, 5.74) is 3.84. The van der Waals surface area contributed by atoms with E-state index in [-0.39, 0.29) is 11.6 Å². The predicted molar refractivity (Wildman–Crippen MR) is 150 cm³/mol. The summed E-state index contributed by atoms with van der Waals surface area (Å²) >= 11 is 0. The molecule has 0 bridgehead atoms. The van der Waals surface area contributed by atoms with Crippen LogP contribution in [0.3, 0.4) is 0 Å². The molecule has 0 aliphatic carbocycles. The topological polar surface area (TPSA) is 73.6 Å². The van der Waals surface area contributed by atoms with Gasteiger partial charge in [-0.1, -0.05) is 24.3 Å². The van der Waals surface area contributed by atoms with Crippen LogP contribution in [-0.4, -0.2) is 63.5 Å². The molecule has 1 N–H and O–H groups in total. The van der Waals surface area contributed by atoms with Gasteiger partial charge in [-0.3, -0.25) is 9.80 Å². The van der Waals surface area contributed by atoms with Crippen molar-refractivity contribution < 1.29 is 8.81 Å². The van der Waals surface area contributed by atoms with E-state index in [0.717, 1.165) is 63.2 Å². The molecule has 0 unspecified atom stereocenters. The zero-order valence-electron chi connectivity index (χ0n) is 22.5. The molecule has 0 radical (unpaired) electrons. The number of nitrogens with one attached hydrogen (secondary N) is 1. The summed E-state index contributed by atoms with van der Waals surface area (Å²) in [4.78, 5) is 20.3. The SMILES string of the molecule is CC(C)N1CCN(Cc2ccc(Nc3ncc(F)c(-c4ccc(CN5CCc6ccccc65)o4)n3)nc2)CC1. The highest BCUT2D eigenvalue weighted by Crippen LogP contribution is 2.31. The van der Waals surface area contributed by atoms with Gasteiger partial charge >= 0.3 is 0 Å². The molecule has 1 saturated heterocycles. The Balaban J connectivity index is 1.09. The van der Waals surface area contributed by atoms with Gasteiger partial charge in [-0.15, -0.1) is 0 Å². The van der Waals surface area contributed by atoms with Crippen molar-refractivity contribution in [1.82, 2.24) is 24.8 Å². The van der Waals surface area contributed by atoms with Crippen LogP contribution in [0.15, 0.2) is 65.3 Å². The fraction of sp³-hybridized carbons (Fsp3) is 0.367. The van der Waals surface area contributed by atoms with Crippen molar-refractivity contribution >= 4 is 17.5 Å². The first-order valence-corrected chi connectivity index (χ1v) is 13.6. The standard InChI is InChI=1S/C30H34FN7O/c1-21(2)37-15-13-36(14-16-37)19-22-7-10-28(32-17-22)34-30-33-18-25(31)29(35-30)27-9-8-24(39-27)20-38-12-11-23-5-3-4-6-26(23)38/h3-10,17-18,21H,11-16,19-20H2,1-2H3,(H,32,33,34,35). The summed E-state index contributed by atoms with van der Waals surface area (Å²) in [7, 11) is 0. The highest BCUT2D eigenvalue weighted by atomic mass is 19.1. The Bertz CT molecular complexity index is 1410. The minimum atomic E-state index is -0.533. The Morgan fingerprint density at radius 3 is 2.56 bits per heavy atom. The van der Waals surface area contributed by atoms with E-state index in [4.69, 9.17) is 4.42 Å². The van der Waals surface area contributed by atoms with Gasteiger partial charge in [-0.2, -0.15) is 0 Å². The van der Waals surface area contributed by atoms with E-state index in [1.54, 1.807) is 6.07 Å². The van der Waals surface area contributed by atoms with Crippen molar-refractivity contribution in [2.45, 2.75) is 39.4 Å². The summed E-state index contributed by atoms with van der Waals surface area (Å²) in [6, 6.07) is 16.6. The minimum absolute atomic E-state index is 0.123. The fourth-order valence-corrected chi connectivity index (χ4v) is 5.35. The molecule has 2 aliphatic rings. The number of aromatic nitrogens is 3. The molecule has 5 heterocycles. The first kappa shape index (κ1) is 25.5. The lowest BCUT2D eigenvalue weighted by Gasteiger charge is -2.36. The Labute approximate surface area is 228 Å². The van der Waals surface area contributed by atoms with Gasteiger partial charge in [-0.05, 0) is 55.7 Å². The number of nitrogens with zero attached hydrogens (tertiary/aromatic N) is 6. The maximum atomic E-state index is 14.7. The van der Waals surface area contributed by atoms with Crippen LogP contribution in [0.1, 0.15) is 30.7 Å². The number of hydrogen-bond acceptors (Lipinski definition) is 8.